The van der Waals surface area contributed by atoms with Crippen molar-refractivity contribution in [1.29, 1.82) is 0 Å². The fourth-order valence-corrected chi connectivity index (χ4v) is 2.99. The Hall–Kier alpha value is -3.47. The Morgan fingerprint density at radius 1 is 0.853 bits per heavy atom. The van der Waals surface area contributed by atoms with Crippen molar-refractivity contribution in [3.05, 3.63) is 85.2 Å². The number of nitrogens with one attached hydrogen (secondary N) is 2. The fourth-order valence-electron chi connectivity index (χ4n) is 2.99. The van der Waals surface area contributed by atoms with Gasteiger partial charge in [-0.1, -0.05) is 60.8 Å². The summed E-state index contributed by atoms with van der Waals surface area (Å²) in [5, 5.41) is 6.70. The maximum absolute atomic E-state index is 4.40. The molecule has 0 aliphatic heterocycles. The van der Waals surface area contributed by atoms with Crippen LogP contribution in [0, 0.1) is 12.8 Å². The first-order valence-electron chi connectivity index (χ1n) is 12.4. The van der Waals surface area contributed by atoms with E-state index in [4.69, 9.17) is 0 Å². The molecular formula is C29H41N5. The molecule has 5 heteroatoms. The van der Waals surface area contributed by atoms with Crippen molar-refractivity contribution in [3.8, 4) is 11.1 Å². The number of aromatic nitrogens is 3. The molecule has 0 radical (unpaired) electrons. The van der Waals surface area contributed by atoms with Gasteiger partial charge in [0.1, 0.15) is 5.82 Å². The highest BCUT2D eigenvalue weighted by atomic mass is 15.0. The first kappa shape index (κ1) is 28.6. The SMILES string of the molecule is C=C(Nc1cnccc1-c1ccc(C)nc1)c1ccnc(NC(=C)C2CC2)c1.CC.CC.CC. The number of hydrogen-bond acceptors (Lipinski definition) is 5. The van der Waals surface area contributed by atoms with Gasteiger partial charge in [0, 0.05) is 52.4 Å². The average molecular weight is 460 g/mol. The lowest BCUT2D eigenvalue weighted by atomic mass is 10.1. The molecule has 1 fully saturated rings. The van der Waals surface area contributed by atoms with Crippen LogP contribution in [0.15, 0.2) is 74.0 Å². The normalized spacial score (nSPS) is 11.3. The van der Waals surface area contributed by atoms with E-state index in [1.165, 1.54) is 12.8 Å². The van der Waals surface area contributed by atoms with Crippen molar-refractivity contribution in [1.82, 2.24) is 15.0 Å². The quantitative estimate of drug-likeness (QED) is 0.372. The van der Waals surface area contributed by atoms with E-state index in [0.717, 1.165) is 45.3 Å². The van der Waals surface area contributed by atoms with Crippen LogP contribution < -0.4 is 10.6 Å². The van der Waals surface area contributed by atoms with Crippen LogP contribution in [0.25, 0.3) is 16.8 Å². The lowest BCUT2D eigenvalue weighted by molar-refractivity contribution is 1.01. The first-order chi connectivity index (χ1) is 16.6. The van der Waals surface area contributed by atoms with Gasteiger partial charge in [0.25, 0.3) is 0 Å². The monoisotopic (exact) mass is 459 g/mol. The minimum atomic E-state index is 0.577. The maximum Gasteiger partial charge on any atom is 0.130 e. The Bertz CT molecular complexity index is 1020. The van der Waals surface area contributed by atoms with Gasteiger partial charge < -0.3 is 10.6 Å². The molecule has 4 rings (SSSR count). The van der Waals surface area contributed by atoms with Gasteiger partial charge in [-0.2, -0.15) is 0 Å². The zero-order chi connectivity index (χ0) is 25.5. The highest BCUT2D eigenvalue weighted by Crippen LogP contribution is 2.36. The van der Waals surface area contributed by atoms with Crippen LogP contribution in [0.3, 0.4) is 0 Å². The first-order valence-corrected chi connectivity index (χ1v) is 12.4. The van der Waals surface area contributed by atoms with E-state index in [-0.39, 0.29) is 0 Å². The molecule has 0 unspecified atom stereocenters. The maximum atomic E-state index is 4.40. The number of pyridine rings is 3. The molecule has 0 amide bonds. The minimum Gasteiger partial charge on any atom is -0.354 e. The Morgan fingerprint density at radius 2 is 1.56 bits per heavy atom. The van der Waals surface area contributed by atoms with Crippen molar-refractivity contribution in [2.45, 2.75) is 61.3 Å². The Morgan fingerprint density at radius 3 is 2.18 bits per heavy atom. The van der Waals surface area contributed by atoms with Gasteiger partial charge in [-0.05, 0) is 49.9 Å². The second kappa shape index (κ2) is 15.4. The predicted molar refractivity (Wildman–Crippen MR) is 149 cm³/mol. The lowest BCUT2D eigenvalue weighted by Crippen LogP contribution is -2.04. The van der Waals surface area contributed by atoms with E-state index in [2.05, 4.69) is 44.8 Å². The van der Waals surface area contributed by atoms with Crippen molar-refractivity contribution in [3.63, 3.8) is 0 Å². The van der Waals surface area contributed by atoms with Gasteiger partial charge in [0.05, 0.1) is 11.9 Å². The van der Waals surface area contributed by atoms with Crippen molar-refractivity contribution in [2.75, 3.05) is 10.6 Å². The summed E-state index contributed by atoms with van der Waals surface area (Å²) < 4.78 is 0. The molecule has 0 atom stereocenters. The molecule has 2 N–H and O–H groups in total. The van der Waals surface area contributed by atoms with Gasteiger partial charge in [-0.15, -0.1) is 0 Å². The van der Waals surface area contributed by atoms with E-state index in [9.17, 15) is 0 Å². The van der Waals surface area contributed by atoms with E-state index in [1.54, 1.807) is 18.6 Å². The molecular weight excluding hydrogens is 418 g/mol. The molecule has 3 aromatic heterocycles. The molecule has 1 aliphatic rings. The van der Waals surface area contributed by atoms with Crippen LogP contribution in [0.5, 0.6) is 0 Å². The molecule has 0 aromatic carbocycles. The predicted octanol–water partition coefficient (Wildman–Crippen LogP) is 8.34. The zero-order valence-corrected chi connectivity index (χ0v) is 21.9. The van der Waals surface area contributed by atoms with Gasteiger partial charge in [-0.3, -0.25) is 9.97 Å². The fraction of sp³-hybridized carbons (Fsp3) is 0.345. The average Bonchev–Trinajstić information content (AvgIpc) is 3.75. The molecule has 3 aromatic rings. The summed E-state index contributed by atoms with van der Waals surface area (Å²) in [5.41, 5.74) is 6.69. The Kier molecular flexibility index (Phi) is 12.9. The molecule has 34 heavy (non-hydrogen) atoms. The van der Waals surface area contributed by atoms with E-state index >= 15 is 0 Å². The third kappa shape index (κ3) is 8.47. The van der Waals surface area contributed by atoms with Crippen LogP contribution in [-0.4, -0.2) is 15.0 Å². The van der Waals surface area contributed by atoms with Crippen LogP contribution in [0.1, 0.15) is 65.6 Å². The third-order valence-corrected chi connectivity index (χ3v) is 4.80. The molecule has 5 nitrogen and oxygen atoms in total. The molecule has 1 aliphatic carbocycles. The van der Waals surface area contributed by atoms with Gasteiger partial charge >= 0.3 is 0 Å². The minimum absolute atomic E-state index is 0.577. The molecule has 182 valence electrons. The summed E-state index contributed by atoms with van der Waals surface area (Å²) in [6.07, 6.45) is 9.64. The molecule has 3 heterocycles. The zero-order valence-electron chi connectivity index (χ0n) is 21.9. The van der Waals surface area contributed by atoms with Crippen LogP contribution >= 0.6 is 0 Å². The second-order valence-corrected chi connectivity index (χ2v) is 7.07. The smallest absolute Gasteiger partial charge is 0.130 e. The highest BCUT2D eigenvalue weighted by molar-refractivity contribution is 5.85. The van der Waals surface area contributed by atoms with Crippen LogP contribution in [0.2, 0.25) is 0 Å². The summed E-state index contributed by atoms with van der Waals surface area (Å²) in [6, 6.07) is 9.95. The summed E-state index contributed by atoms with van der Waals surface area (Å²) in [7, 11) is 0. The number of nitrogens with zero attached hydrogens (tertiary/aromatic N) is 3. The molecule has 1 saturated carbocycles. The van der Waals surface area contributed by atoms with Crippen molar-refractivity contribution in [2.24, 2.45) is 5.92 Å². The van der Waals surface area contributed by atoms with Crippen LogP contribution in [-0.2, 0) is 0 Å². The largest absolute Gasteiger partial charge is 0.354 e. The number of rotatable bonds is 7. The number of aryl methyl sites for hydroxylation is 1. The molecule has 0 spiro atoms. The molecule has 0 saturated heterocycles. The van der Waals surface area contributed by atoms with Crippen molar-refractivity contribution >= 4 is 17.2 Å². The van der Waals surface area contributed by atoms with E-state index in [1.807, 2.05) is 78.9 Å². The Balaban J connectivity index is 0.000000894. The van der Waals surface area contributed by atoms with Gasteiger partial charge in [-0.25, -0.2) is 4.98 Å². The summed E-state index contributed by atoms with van der Waals surface area (Å²) in [4.78, 5) is 13.0. The standard InChI is InChI=1S/C23H23N5.3C2H6/c1-15-4-5-20(13-26-15)21-9-10-24-14-22(21)27-17(3)19-8-11-25-23(12-19)28-16(2)18-6-7-18;3*1-2/h4-5,8-14,18,27H,2-3,6-7H2,1H3,(H,25,28);3*1-2H3. The van der Waals surface area contributed by atoms with Gasteiger partial charge in [0.15, 0.2) is 0 Å². The summed E-state index contributed by atoms with van der Waals surface area (Å²) >= 11 is 0. The third-order valence-electron chi connectivity index (χ3n) is 4.80. The van der Waals surface area contributed by atoms with Crippen LogP contribution in [0.4, 0.5) is 11.5 Å². The van der Waals surface area contributed by atoms with Crippen molar-refractivity contribution < 1.29 is 0 Å². The molecule has 0 bridgehead atoms. The van der Waals surface area contributed by atoms with E-state index in [0.29, 0.717) is 5.92 Å². The number of allylic oxidation sites excluding steroid dienone is 1. The van der Waals surface area contributed by atoms with Gasteiger partial charge in [0.2, 0.25) is 0 Å². The number of hydrogen-bond donors (Lipinski definition) is 2. The second-order valence-electron chi connectivity index (χ2n) is 7.07. The highest BCUT2D eigenvalue weighted by Gasteiger charge is 2.24. The summed E-state index contributed by atoms with van der Waals surface area (Å²) in [6.45, 7) is 22.3. The lowest BCUT2D eigenvalue weighted by Gasteiger charge is -2.15. The summed E-state index contributed by atoms with van der Waals surface area (Å²) in [5.74, 6) is 1.36. The number of anilines is 2. The Labute approximate surface area is 206 Å². The topological polar surface area (TPSA) is 62.7 Å². The van der Waals surface area contributed by atoms with E-state index < -0.39 is 0 Å².